The molecule has 0 radical (unpaired) electrons. The fourth-order valence-corrected chi connectivity index (χ4v) is 2.83. The predicted octanol–water partition coefficient (Wildman–Crippen LogP) is 3.82. The number of hydrogen-bond acceptors (Lipinski definition) is 5. The zero-order chi connectivity index (χ0) is 13.3. The van der Waals surface area contributed by atoms with Gasteiger partial charge < -0.3 is 0 Å². The number of hydrogen-bond donors (Lipinski definition) is 1. The molecule has 102 valence electrons. The lowest BCUT2D eigenvalue weighted by molar-refractivity contribution is 0.0759. The van der Waals surface area contributed by atoms with E-state index in [1.165, 1.54) is 0 Å². The van der Waals surface area contributed by atoms with Crippen LogP contribution in [0.5, 0.6) is 0 Å². The molecule has 0 aliphatic rings. The Bertz CT molecular complexity index is 306. The van der Waals surface area contributed by atoms with Crippen molar-refractivity contribution in [3.05, 3.63) is 30.3 Å². The molecule has 0 aromatic heterocycles. The van der Waals surface area contributed by atoms with Crippen LogP contribution in [0.1, 0.15) is 20.8 Å². The quantitative estimate of drug-likeness (QED) is 0.548. The van der Waals surface area contributed by atoms with Gasteiger partial charge >= 0.3 is 8.17 Å². The molecule has 0 bridgehead atoms. The number of rotatable bonds is 9. The second-order valence-electron chi connectivity index (χ2n) is 3.26. The van der Waals surface area contributed by atoms with Gasteiger partial charge in [-0.25, -0.2) is 5.48 Å². The van der Waals surface area contributed by atoms with Crippen LogP contribution in [-0.4, -0.2) is 19.8 Å². The van der Waals surface area contributed by atoms with Crippen LogP contribution in [0.2, 0.25) is 0 Å². The summed E-state index contributed by atoms with van der Waals surface area (Å²) in [5.41, 5.74) is 3.63. The maximum absolute atomic E-state index is 5.53. The van der Waals surface area contributed by atoms with Crippen LogP contribution < -0.4 is 5.48 Å². The molecule has 0 heterocycles. The lowest BCUT2D eigenvalue weighted by Crippen LogP contribution is -2.14. The second-order valence-corrected chi connectivity index (χ2v) is 5.11. The molecule has 0 atom stereocenters. The van der Waals surface area contributed by atoms with Crippen LogP contribution in [0, 0.1) is 0 Å². The van der Waals surface area contributed by atoms with Crippen molar-refractivity contribution in [2.45, 2.75) is 20.8 Å². The summed E-state index contributed by atoms with van der Waals surface area (Å²) in [6.07, 6.45) is 0. The van der Waals surface area contributed by atoms with Crippen LogP contribution in [0.25, 0.3) is 0 Å². The molecule has 0 fully saturated rings. The lowest BCUT2D eigenvalue weighted by Gasteiger charge is -2.17. The molecule has 0 amide bonds. The summed E-state index contributed by atoms with van der Waals surface area (Å²) in [5, 5.41) is 0. The van der Waals surface area contributed by atoms with Crippen molar-refractivity contribution in [3.8, 4) is 0 Å². The minimum atomic E-state index is -2.77. The van der Waals surface area contributed by atoms with E-state index in [9.17, 15) is 0 Å². The smallest absolute Gasteiger partial charge is 0.220 e. The standard InChI is InChI=1S/C12H21NO4P/c1-4-14-18(15-5-2,16-6-3)17-13-12-10-8-7-9-11-12/h7-11,13H,4-6H2,1-3H3/q+1. The van der Waals surface area contributed by atoms with Crippen LogP contribution in [0.3, 0.4) is 0 Å². The molecule has 0 spiro atoms. The molecular weight excluding hydrogens is 253 g/mol. The average Bonchev–Trinajstić information content (AvgIpc) is 2.39. The van der Waals surface area contributed by atoms with E-state index in [2.05, 4.69) is 5.48 Å². The zero-order valence-corrected chi connectivity index (χ0v) is 12.0. The van der Waals surface area contributed by atoms with Gasteiger partial charge in [-0.1, -0.05) is 18.2 Å². The highest BCUT2D eigenvalue weighted by Crippen LogP contribution is 2.62. The van der Waals surface area contributed by atoms with Gasteiger partial charge in [-0.15, -0.1) is 0 Å². The highest BCUT2D eigenvalue weighted by molar-refractivity contribution is 7.56. The Morgan fingerprint density at radius 1 is 0.889 bits per heavy atom. The summed E-state index contributed by atoms with van der Waals surface area (Å²) >= 11 is 0. The Morgan fingerprint density at radius 2 is 1.39 bits per heavy atom. The first-order chi connectivity index (χ1) is 8.76. The maximum Gasteiger partial charge on any atom is 0.598 e. The molecule has 0 aliphatic carbocycles. The number of benzene rings is 1. The topological polar surface area (TPSA) is 49.0 Å². The second kappa shape index (κ2) is 8.40. The molecule has 18 heavy (non-hydrogen) atoms. The average molecular weight is 274 g/mol. The molecule has 1 N–H and O–H groups in total. The van der Waals surface area contributed by atoms with Crippen molar-refractivity contribution in [3.63, 3.8) is 0 Å². The molecule has 0 unspecified atom stereocenters. The van der Waals surface area contributed by atoms with Crippen LogP contribution in [0.4, 0.5) is 5.69 Å². The SMILES string of the molecule is CCO[P+](OCC)(OCC)ONc1ccccc1. The third kappa shape index (κ3) is 4.88. The monoisotopic (exact) mass is 274 g/mol. The summed E-state index contributed by atoms with van der Waals surface area (Å²) < 4.78 is 22.1. The van der Waals surface area contributed by atoms with Gasteiger partial charge in [0.05, 0.1) is 25.5 Å². The summed E-state index contributed by atoms with van der Waals surface area (Å²) in [5.74, 6) is 0. The van der Waals surface area contributed by atoms with Crippen molar-refractivity contribution >= 4 is 13.9 Å². The van der Waals surface area contributed by atoms with Crippen molar-refractivity contribution in [2.24, 2.45) is 0 Å². The normalized spacial score (nSPS) is 11.5. The number of para-hydroxylation sites is 1. The zero-order valence-electron chi connectivity index (χ0n) is 11.1. The van der Waals surface area contributed by atoms with E-state index in [0.717, 1.165) is 5.69 Å². The van der Waals surface area contributed by atoms with Gasteiger partial charge in [0.2, 0.25) is 0 Å². The molecule has 1 aromatic rings. The Kier molecular flexibility index (Phi) is 7.16. The van der Waals surface area contributed by atoms with Gasteiger partial charge in [0.15, 0.2) is 0 Å². The lowest BCUT2D eigenvalue weighted by atomic mass is 10.3. The van der Waals surface area contributed by atoms with Gasteiger partial charge in [-0.3, -0.25) is 0 Å². The van der Waals surface area contributed by atoms with E-state index in [1.807, 2.05) is 51.1 Å². The summed E-state index contributed by atoms with van der Waals surface area (Å²) in [6, 6.07) is 9.53. The van der Waals surface area contributed by atoms with Crippen molar-refractivity contribution in [1.29, 1.82) is 0 Å². The van der Waals surface area contributed by atoms with Gasteiger partial charge in [0, 0.05) is 0 Å². The minimum absolute atomic E-state index is 0.463. The fourth-order valence-electron chi connectivity index (χ4n) is 1.28. The molecule has 0 saturated heterocycles. The minimum Gasteiger partial charge on any atom is -0.220 e. The van der Waals surface area contributed by atoms with Crippen molar-refractivity contribution in [2.75, 3.05) is 25.3 Å². The van der Waals surface area contributed by atoms with Crippen LogP contribution in [0.15, 0.2) is 30.3 Å². The summed E-state index contributed by atoms with van der Waals surface area (Å²) in [6.45, 7) is 7.01. The first kappa shape index (κ1) is 15.3. The highest BCUT2D eigenvalue weighted by Gasteiger charge is 2.49. The third-order valence-corrected chi connectivity index (χ3v) is 3.95. The van der Waals surface area contributed by atoms with Gasteiger partial charge in [-0.05, 0) is 37.5 Å². The Labute approximate surface area is 109 Å². The van der Waals surface area contributed by atoms with Gasteiger partial charge in [-0.2, -0.15) is 13.6 Å². The van der Waals surface area contributed by atoms with E-state index in [-0.39, 0.29) is 0 Å². The Hall–Kier alpha value is -0.710. The van der Waals surface area contributed by atoms with Crippen molar-refractivity contribution < 1.29 is 18.2 Å². The number of anilines is 1. The third-order valence-electron chi connectivity index (χ3n) is 1.91. The van der Waals surface area contributed by atoms with Gasteiger partial charge in [0.25, 0.3) is 0 Å². The van der Waals surface area contributed by atoms with E-state index in [1.54, 1.807) is 0 Å². The summed E-state index contributed by atoms with van der Waals surface area (Å²) in [7, 11) is -2.77. The molecule has 1 aromatic carbocycles. The molecule has 1 rings (SSSR count). The van der Waals surface area contributed by atoms with E-state index in [4.69, 9.17) is 18.2 Å². The van der Waals surface area contributed by atoms with E-state index < -0.39 is 8.17 Å². The van der Waals surface area contributed by atoms with E-state index >= 15 is 0 Å². The molecule has 6 heteroatoms. The largest absolute Gasteiger partial charge is 0.598 e. The van der Waals surface area contributed by atoms with Crippen LogP contribution >= 0.6 is 8.17 Å². The van der Waals surface area contributed by atoms with Gasteiger partial charge in [0.1, 0.15) is 0 Å². The summed E-state index contributed by atoms with van der Waals surface area (Å²) in [4.78, 5) is 0. The predicted molar refractivity (Wildman–Crippen MR) is 72.9 cm³/mol. The first-order valence-corrected chi connectivity index (χ1v) is 7.54. The highest BCUT2D eigenvalue weighted by atomic mass is 31.2. The molecule has 0 aliphatic heterocycles. The van der Waals surface area contributed by atoms with Crippen molar-refractivity contribution in [1.82, 2.24) is 0 Å². The number of nitrogens with one attached hydrogen (secondary N) is 1. The van der Waals surface area contributed by atoms with Crippen LogP contribution in [-0.2, 0) is 18.2 Å². The molecule has 5 nitrogen and oxygen atoms in total. The fraction of sp³-hybridized carbons (Fsp3) is 0.500. The molecule has 0 saturated carbocycles. The Morgan fingerprint density at radius 3 is 1.83 bits per heavy atom. The maximum atomic E-state index is 5.53. The Balaban J connectivity index is 2.64. The van der Waals surface area contributed by atoms with E-state index in [0.29, 0.717) is 19.8 Å². The molecular formula is C12H21NO4P+. The first-order valence-electron chi connectivity index (χ1n) is 6.08.